The summed E-state index contributed by atoms with van der Waals surface area (Å²) in [5.74, 6) is 0.460. The van der Waals surface area contributed by atoms with E-state index in [2.05, 4.69) is 26.3 Å². The van der Waals surface area contributed by atoms with Crippen LogP contribution in [0.15, 0.2) is 59.2 Å². The zero-order valence-electron chi connectivity index (χ0n) is 13.4. The van der Waals surface area contributed by atoms with Crippen molar-refractivity contribution in [2.75, 3.05) is 12.4 Å². The first-order valence-corrected chi connectivity index (χ1v) is 8.28. The number of halogens is 2. The third kappa shape index (κ3) is 4.06. The van der Waals surface area contributed by atoms with Gasteiger partial charge in [0, 0.05) is 17.3 Å². The Bertz CT molecular complexity index is 894. The molecule has 0 fully saturated rings. The number of carbonyl (C=O) groups excluding carboxylic acids is 1. The number of amides is 1. The summed E-state index contributed by atoms with van der Waals surface area (Å²) < 4.78 is 21.0. The second-order valence-electron chi connectivity index (χ2n) is 5.30. The number of hydrogen-bond acceptors (Lipinski definition) is 3. The number of carbonyl (C=O) groups is 1. The molecule has 0 aliphatic heterocycles. The van der Waals surface area contributed by atoms with Crippen molar-refractivity contribution < 1.29 is 13.9 Å². The molecule has 0 aliphatic carbocycles. The zero-order valence-corrected chi connectivity index (χ0v) is 15.0. The third-order valence-electron chi connectivity index (χ3n) is 3.59. The number of benzene rings is 2. The van der Waals surface area contributed by atoms with E-state index in [9.17, 15) is 9.18 Å². The molecule has 0 atom stereocenters. The Labute approximate surface area is 152 Å². The summed E-state index contributed by atoms with van der Waals surface area (Å²) in [7, 11) is 1.56. The summed E-state index contributed by atoms with van der Waals surface area (Å²) >= 11 is 3.36. The van der Waals surface area contributed by atoms with Crippen molar-refractivity contribution in [2.45, 2.75) is 6.54 Å². The Kier molecular flexibility index (Phi) is 5.14. The minimum absolute atomic E-state index is 0.268. The Hall–Kier alpha value is -2.67. The van der Waals surface area contributed by atoms with Gasteiger partial charge in [-0.1, -0.05) is 18.2 Å². The zero-order chi connectivity index (χ0) is 17.8. The standard InChI is InChI=1S/C18H15BrFN3O2/c1-25-14-8-6-12(7-9-14)18(24)21-17-15(19)11-23(22-17)10-13-4-2-3-5-16(13)20/h2-9,11H,10H2,1H3,(H,21,22,24). The summed E-state index contributed by atoms with van der Waals surface area (Å²) in [5, 5.41) is 7.02. The number of methoxy groups -OCH3 is 1. The summed E-state index contributed by atoms with van der Waals surface area (Å²) in [6, 6.07) is 13.3. The molecule has 25 heavy (non-hydrogen) atoms. The van der Waals surface area contributed by atoms with Crippen LogP contribution in [0.25, 0.3) is 0 Å². The van der Waals surface area contributed by atoms with Crippen LogP contribution in [0.3, 0.4) is 0 Å². The molecule has 7 heteroatoms. The van der Waals surface area contributed by atoms with E-state index in [0.717, 1.165) is 0 Å². The van der Waals surface area contributed by atoms with E-state index >= 15 is 0 Å². The van der Waals surface area contributed by atoms with E-state index in [4.69, 9.17) is 4.74 Å². The van der Waals surface area contributed by atoms with Crippen LogP contribution in [-0.2, 0) is 6.54 Å². The monoisotopic (exact) mass is 403 g/mol. The number of ether oxygens (including phenoxy) is 1. The maximum absolute atomic E-state index is 13.7. The van der Waals surface area contributed by atoms with Crippen molar-refractivity contribution in [1.29, 1.82) is 0 Å². The maximum Gasteiger partial charge on any atom is 0.256 e. The molecule has 2 aromatic carbocycles. The molecule has 3 rings (SSSR count). The molecule has 3 aromatic rings. The molecule has 0 radical (unpaired) electrons. The molecule has 0 spiro atoms. The smallest absolute Gasteiger partial charge is 0.256 e. The fraction of sp³-hybridized carbons (Fsp3) is 0.111. The Morgan fingerprint density at radius 1 is 1.24 bits per heavy atom. The molecule has 1 amide bonds. The van der Waals surface area contributed by atoms with Gasteiger partial charge in [-0.15, -0.1) is 0 Å². The third-order valence-corrected chi connectivity index (χ3v) is 4.17. The number of anilines is 1. The van der Waals surface area contributed by atoms with Crippen LogP contribution < -0.4 is 10.1 Å². The first-order chi connectivity index (χ1) is 12.1. The topological polar surface area (TPSA) is 56.1 Å². The molecule has 5 nitrogen and oxygen atoms in total. The minimum atomic E-state index is -0.294. The van der Waals surface area contributed by atoms with Crippen LogP contribution in [0.5, 0.6) is 5.75 Å². The van der Waals surface area contributed by atoms with Gasteiger partial charge >= 0.3 is 0 Å². The van der Waals surface area contributed by atoms with Crippen molar-refractivity contribution in [3.8, 4) is 5.75 Å². The van der Waals surface area contributed by atoms with Gasteiger partial charge in [-0.25, -0.2) is 4.39 Å². The fourth-order valence-corrected chi connectivity index (χ4v) is 2.70. The predicted octanol–water partition coefficient (Wildman–Crippen LogP) is 4.09. The van der Waals surface area contributed by atoms with Crippen molar-refractivity contribution >= 4 is 27.7 Å². The van der Waals surface area contributed by atoms with Crippen molar-refractivity contribution in [3.63, 3.8) is 0 Å². The van der Waals surface area contributed by atoms with E-state index < -0.39 is 0 Å². The van der Waals surface area contributed by atoms with Crippen LogP contribution in [0.4, 0.5) is 10.2 Å². The van der Waals surface area contributed by atoms with E-state index in [-0.39, 0.29) is 18.3 Å². The highest BCUT2D eigenvalue weighted by molar-refractivity contribution is 9.10. The molecule has 0 saturated carbocycles. The molecule has 1 aromatic heterocycles. The average Bonchev–Trinajstić information content (AvgIpc) is 2.96. The van der Waals surface area contributed by atoms with Gasteiger partial charge in [0.05, 0.1) is 18.1 Å². The highest BCUT2D eigenvalue weighted by Gasteiger charge is 2.13. The van der Waals surface area contributed by atoms with Crippen LogP contribution in [0, 0.1) is 5.82 Å². The van der Waals surface area contributed by atoms with Crippen molar-refractivity contribution in [1.82, 2.24) is 9.78 Å². The average molecular weight is 404 g/mol. The van der Waals surface area contributed by atoms with Crippen LogP contribution in [-0.4, -0.2) is 22.8 Å². The number of rotatable bonds is 5. The first-order valence-electron chi connectivity index (χ1n) is 7.48. The second kappa shape index (κ2) is 7.48. The molecule has 0 saturated heterocycles. The number of aromatic nitrogens is 2. The van der Waals surface area contributed by atoms with Crippen LogP contribution >= 0.6 is 15.9 Å². The fourth-order valence-electron chi connectivity index (χ4n) is 2.29. The lowest BCUT2D eigenvalue weighted by Crippen LogP contribution is -2.13. The largest absolute Gasteiger partial charge is 0.497 e. The number of nitrogens with one attached hydrogen (secondary N) is 1. The van der Waals surface area contributed by atoms with Crippen LogP contribution in [0.2, 0.25) is 0 Å². The SMILES string of the molecule is COc1ccc(C(=O)Nc2nn(Cc3ccccc3F)cc2Br)cc1. The normalized spacial score (nSPS) is 10.5. The van der Waals surface area contributed by atoms with E-state index in [1.807, 2.05) is 0 Å². The Morgan fingerprint density at radius 3 is 2.64 bits per heavy atom. The molecule has 0 unspecified atom stereocenters. The molecular formula is C18H15BrFN3O2. The van der Waals surface area contributed by atoms with E-state index in [1.165, 1.54) is 6.07 Å². The Morgan fingerprint density at radius 2 is 1.96 bits per heavy atom. The van der Waals surface area contributed by atoms with Gasteiger partial charge in [0.15, 0.2) is 5.82 Å². The molecule has 1 heterocycles. The summed E-state index contributed by atoms with van der Waals surface area (Å²) in [5.41, 5.74) is 1.00. The number of nitrogens with zero attached hydrogens (tertiary/aromatic N) is 2. The summed E-state index contributed by atoms with van der Waals surface area (Å²) in [6.45, 7) is 0.268. The lowest BCUT2D eigenvalue weighted by Gasteiger charge is -2.05. The predicted molar refractivity (Wildman–Crippen MR) is 96.4 cm³/mol. The van der Waals surface area contributed by atoms with Gasteiger partial charge in [-0.3, -0.25) is 9.48 Å². The highest BCUT2D eigenvalue weighted by Crippen LogP contribution is 2.22. The van der Waals surface area contributed by atoms with Gasteiger partial charge in [0.2, 0.25) is 0 Å². The molecule has 0 aliphatic rings. The van der Waals surface area contributed by atoms with Crippen molar-refractivity contribution in [2.24, 2.45) is 0 Å². The van der Waals surface area contributed by atoms with Gasteiger partial charge in [0.25, 0.3) is 5.91 Å². The minimum Gasteiger partial charge on any atom is -0.497 e. The van der Waals surface area contributed by atoms with Crippen LogP contribution in [0.1, 0.15) is 15.9 Å². The maximum atomic E-state index is 13.7. The molecule has 0 bridgehead atoms. The van der Waals surface area contributed by atoms with Crippen molar-refractivity contribution in [3.05, 3.63) is 76.1 Å². The van der Waals surface area contributed by atoms with E-state index in [0.29, 0.717) is 27.2 Å². The van der Waals surface area contributed by atoms with E-state index in [1.54, 1.807) is 60.5 Å². The second-order valence-corrected chi connectivity index (χ2v) is 6.15. The van der Waals surface area contributed by atoms with Gasteiger partial charge < -0.3 is 10.1 Å². The molecule has 128 valence electrons. The first kappa shape index (κ1) is 17.2. The summed E-state index contributed by atoms with van der Waals surface area (Å²) in [4.78, 5) is 12.3. The molecular weight excluding hydrogens is 389 g/mol. The quantitative estimate of drug-likeness (QED) is 0.697. The van der Waals surface area contributed by atoms with Gasteiger partial charge in [-0.2, -0.15) is 5.10 Å². The van der Waals surface area contributed by atoms with Gasteiger partial charge in [-0.05, 0) is 46.3 Å². The Balaban J connectivity index is 1.73. The molecule has 1 N–H and O–H groups in total. The lowest BCUT2D eigenvalue weighted by molar-refractivity contribution is 0.102. The van der Waals surface area contributed by atoms with Gasteiger partial charge in [0.1, 0.15) is 11.6 Å². The number of hydrogen-bond donors (Lipinski definition) is 1. The lowest BCUT2D eigenvalue weighted by atomic mass is 10.2. The highest BCUT2D eigenvalue weighted by atomic mass is 79.9. The summed E-state index contributed by atoms with van der Waals surface area (Å²) in [6.07, 6.45) is 1.69.